The average Bonchev–Trinajstić information content (AvgIpc) is 2.94. The summed E-state index contributed by atoms with van der Waals surface area (Å²) in [7, 11) is 0. The second kappa shape index (κ2) is 5.17. The monoisotopic (exact) mass is 303 g/mol. The number of fused-ring (bicyclic) bond motifs is 3. The third-order valence-electron chi connectivity index (χ3n) is 3.66. The molecule has 4 aromatic rings. The van der Waals surface area contributed by atoms with E-state index in [0.717, 1.165) is 22.0 Å². The lowest BCUT2D eigenvalue weighted by Gasteiger charge is -1.97. The molecule has 3 heterocycles. The van der Waals surface area contributed by atoms with Gasteiger partial charge in [-0.15, -0.1) is 0 Å². The summed E-state index contributed by atoms with van der Waals surface area (Å²) in [6.07, 6.45) is 6.37. The van der Waals surface area contributed by atoms with E-state index >= 15 is 0 Å². The maximum Gasteiger partial charge on any atom is 0.298 e. The predicted molar refractivity (Wildman–Crippen MR) is 89.8 cm³/mol. The molecule has 1 aromatic carbocycles. The molecule has 0 fully saturated rings. The number of H-pyrrole nitrogens is 1. The van der Waals surface area contributed by atoms with Crippen LogP contribution in [0, 0.1) is 6.92 Å². The lowest BCUT2D eigenvalue weighted by Crippen LogP contribution is -2.17. The molecular weight excluding hydrogens is 290 g/mol. The number of aromatic amines is 1. The van der Waals surface area contributed by atoms with Crippen LogP contribution < -0.4 is 5.56 Å². The summed E-state index contributed by atoms with van der Waals surface area (Å²) in [5.41, 5.74) is 3.72. The van der Waals surface area contributed by atoms with Gasteiger partial charge in [-0.05, 0) is 25.1 Å². The van der Waals surface area contributed by atoms with Gasteiger partial charge in [-0.3, -0.25) is 9.78 Å². The van der Waals surface area contributed by atoms with Crippen molar-refractivity contribution < 1.29 is 0 Å². The molecule has 3 aromatic heterocycles. The Bertz CT molecular complexity index is 1090. The zero-order chi connectivity index (χ0) is 15.8. The van der Waals surface area contributed by atoms with Crippen LogP contribution in [0.2, 0.25) is 0 Å². The second-order valence-electron chi connectivity index (χ2n) is 5.32. The number of hydrogen-bond acceptors (Lipinski definition) is 4. The first-order chi connectivity index (χ1) is 11.2. The number of hydrogen-bond donors (Lipinski definition) is 1. The third-order valence-corrected chi connectivity index (χ3v) is 3.66. The van der Waals surface area contributed by atoms with Crippen LogP contribution in [0.15, 0.2) is 58.9 Å². The molecule has 4 rings (SSSR count). The lowest BCUT2D eigenvalue weighted by atomic mass is 10.2. The van der Waals surface area contributed by atoms with Crippen LogP contribution in [-0.4, -0.2) is 25.8 Å². The van der Waals surface area contributed by atoms with Crippen molar-refractivity contribution in [1.29, 1.82) is 0 Å². The minimum atomic E-state index is -0.232. The van der Waals surface area contributed by atoms with Crippen LogP contribution >= 0.6 is 0 Å². The summed E-state index contributed by atoms with van der Waals surface area (Å²) in [6.45, 7) is 2.01. The number of nitrogens with zero attached hydrogens (tertiary/aromatic N) is 4. The zero-order valence-corrected chi connectivity index (χ0v) is 12.4. The molecule has 6 heteroatoms. The van der Waals surface area contributed by atoms with E-state index in [-0.39, 0.29) is 5.56 Å². The van der Waals surface area contributed by atoms with Gasteiger partial charge in [0, 0.05) is 28.9 Å². The van der Waals surface area contributed by atoms with E-state index in [1.807, 2.05) is 37.3 Å². The van der Waals surface area contributed by atoms with Crippen molar-refractivity contribution in [2.45, 2.75) is 6.92 Å². The fourth-order valence-corrected chi connectivity index (χ4v) is 2.52. The van der Waals surface area contributed by atoms with Gasteiger partial charge in [0.1, 0.15) is 17.4 Å². The number of aromatic nitrogens is 4. The molecule has 0 radical (unpaired) electrons. The number of pyridine rings is 1. The van der Waals surface area contributed by atoms with Gasteiger partial charge < -0.3 is 4.98 Å². The number of benzene rings is 1. The van der Waals surface area contributed by atoms with E-state index in [1.54, 1.807) is 18.6 Å². The van der Waals surface area contributed by atoms with Crippen molar-refractivity contribution in [3.05, 3.63) is 70.5 Å². The molecule has 6 nitrogen and oxygen atoms in total. The van der Waals surface area contributed by atoms with Crippen molar-refractivity contribution in [2.75, 3.05) is 0 Å². The molecule has 0 aliphatic heterocycles. The minimum Gasteiger partial charge on any atom is -0.349 e. The summed E-state index contributed by atoms with van der Waals surface area (Å²) in [4.78, 5) is 24.1. The molecule has 23 heavy (non-hydrogen) atoms. The van der Waals surface area contributed by atoms with Crippen LogP contribution in [-0.2, 0) is 0 Å². The number of aryl methyl sites for hydroxylation is 1. The van der Waals surface area contributed by atoms with E-state index in [0.29, 0.717) is 11.0 Å². The summed E-state index contributed by atoms with van der Waals surface area (Å²) in [6, 6.07) is 9.64. The number of rotatable bonds is 2. The summed E-state index contributed by atoms with van der Waals surface area (Å²) in [5, 5.41) is 5.12. The van der Waals surface area contributed by atoms with Crippen LogP contribution in [0.5, 0.6) is 0 Å². The molecule has 0 saturated heterocycles. The number of nitrogens with one attached hydrogen (secondary N) is 1. The Morgan fingerprint density at radius 3 is 3.04 bits per heavy atom. The fourth-order valence-electron chi connectivity index (χ4n) is 2.52. The second-order valence-corrected chi connectivity index (χ2v) is 5.32. The molecule has 0 atom stereocenters. The van der Waals surface area contributed by atoms with Gasteiger partial charge in [0.05, 0.1) is 6.21 Å². The Morgan fingerprint density at radius 2 is 2.22 bits per heavy atom. The van der Waals surface area contributed by atoms with Crippen molar-refractivity contribution in [3.63, 3.8) is 0 Å². The Kier molecular flexibility index (Phi) is 3.01. The lowest BCUT2D eigenvalue weighted by molar-refractivity contribution is 0.815. The van der Waals surface area contributed by atoms with Gasteiger partial charge in [-0.2, -0.15) is 9.78 Å². The van der Waals surface area contributed by atoms with Gasteiger partial charge >= 0.3 is 0 Å². The highest BCUT2D eigenvalue weighted by Gasteiger charge is 2.10. The van der Waals surface area contributed by atoms with Gasteiger partial charge in [0.15, 0.2) is 0 Å². The van der Waals surface area contributed by atoms with Gasteiger partial charge in [-0.1, -0.05) is 17.7 Å². The Balaban J connectivity index is 1.87. The Hall–Kier alpha value is -3.28. The van der Waals surface area contributed by atoms with Gasteiger partial charge in [0.2, 0.25) is 0 Å². The molecule has 0 spiro atoms. The van der Waals surface area contributed by atoms with E-state index in [4.69, 9.17) is 0 Å². The van der Waals surface area contributed by atoms with Crippen LogP contribution in [0.3, 0.4) is 0 Å². The topological polar surface area (TPSA) is 75.9 Å². The molecule has 0 unspecified atom stereocenters. The summed E-state index contributed by atoms with van der Waals surface area (Å²) >= 11 is 0. The first-order valence-electron chi connectivity index (χ1n) is 7.16. The standard InChI is InChI=1S/C17H13N5O/c1-11-4-5-14-13(7-11)15-16(21-14)17(23)22(10-19-15)20-9-12-3-2-6-18-8-12/h2-10,21H,1H3/b20-9-. The van der Waals surface area contributed by atoms with Crippen molar-refractivity contribution in [2.24, 2.45) is 5.10 Å². The molecule has 0 saturated carbocycles. The summed E-state index contributed by atoms with van der Waals surface area (Å²) in [5.74, 6) is 0. The van der Waals surface area contributed by atoms with Crippen LogP contribution in [0.25, 0.3) is 21.9 Å². The maximum absolute atomic E-state index is 12.6. The molecule has 1 N–H and O–H groups in total. The summed E-state index contributed by atoms with van der Waals surface area (Å²) < 4.78 is 1.22. The molecule has 0 aliphatic rings. The predicted octanol–water partition coefficient (Wildman–Crippen LogP) is 2.46. The van der Waals surface area contributed by atoms with Crippen LogP contribution in [0.1, 0.15) is 11.1 Å². The smallest absolute Gasteiger partial charge is 0.298 e. The highest BCUT2D eigenvalue weighted by atomic mass is 16.1. The quantitative estimate of drug-likeness (QED) is 0.578. The largest absolute Gasteiger partial charge is 0.349 e. The first-order valence-corrected chi connectivity index (χ1v) is 7.16. The molecule has 0 aliphatic carbocycles. The molecule has 112 valence electrons. The minimum absolute atomic E-state index is 0.232. The maximum atomic E-state index is 12.6. The molecule has 0 amide bonds. The van der Waals surface area contributed by atoms with Gasteiger partial charge in [0.25, 0.3) is 5.56 Å². The SMILES string of the molecule is Cc1ccc2[nH]c3c(=O)n(/N=C\c4cccnc4)cnc3c2c1. The zero-order valence-electron chi connectivity index (χ0n) is 12.4. The van der Waals surface area contributed by atoms with Gasteiger partial charge in [-0.25, -0.2) is 4.98 Å². The Morgan fingerprint density at radius 1 is 1.30 bits per heavy atom. The average molecular weight is 303 g/mol. The molecular formula is C17H13N5O. The van der Waals surface area contributed by atoms with E-state index < -0.39 is 0 Å². The van der Waals surface area contributed by atoms with Crippen molar-refractivity contribution >= 4 is 28.2 Å². The van der Waals surface area contributed by atoms with E-state index in [9.17, 15) is 4.79 Å². The fraction of sp³-hybridized carbons (Fsp3) is 0.0588. The van der Waals surface area contributed by atoms with Crippen molar-refractivity contribution in [1.82, 2.24) is 19.6 Å². The molecule has 0 bridgehead atoms. The van der Waals surface area contributed by atoms with Crippen LogP contribution in [0.4, 0.5) is 0 Å². The normalized spacial score (nSPS) is 11.7. The third kappa shape index (κ3) is 2.30. The van der Waals surface area contributed by atoms with Crippen molar-refractivity contribution in [3.8, 4) is 0 Å². The van der Waals surface area contributed by atoms with E-state index in [1.165, 1.54) is 11.0 Å². The Labute approximate surface area is 131 Å². The first kappa shape index (κ1) is 13.4. The highest BCUT2D eigenvalue weighted by Crippen LogP contribution is 2.22. The van der Waals surface area contributed by atoms with E-state index in [2.05, 4.69) is 20.1 Å². The highest BCUT2D eigenvalue weighted by molar-refractivity contribution is 6.04.